The SMILES string of the molecule is CCCC1N=C(C(C)(C)OC)NC1=O. The van der Waals surface area contributed by atoms with Crippen molar-refractivity contribution >= 4 is 11.7 Å². The van der Waals surface area contributed by atoms with Crippen molar-refractivity contribution in [3.05, 3.63) is 0 Å². The van der Waals surface area contributed by atoms with Crippen LogP contribution in [0.5, 0.6) is 0 Å². The van der Waals surface area contributed by atoms with E-state index < -0.39 is 5.60 Å². The summed E-state index contributed by atoms with van der Waals surface area (Å²) in [6.45, 7) is 5.82. The molecule has 0 saturated heterocycles. The molecule has 1 N–H and O–H groups in total. The molecule has 1 heterocycles. The number of aliphatic imine (C=N–C) groups is 1. The highest BCUT2D eigenvalue weighted by molar-refractivity contribution is 6.09. The highest BCUT2D eigenvalue weighted by atomic mass is 16.5. The summed E-state index contributed by atoms with van der Waals surface area (Å²) < 4.78 is 5.25. The Morgan fingerprint density at radius 3 is 2.71 bits per heavy atom. The zero-order valence-electron chi connectivity index (χ0n) is 9.26. The number of ether oxygens (including phenoxy) is 1. The number of hydrogen-bond donors (Lipinski definition) is 1. The van der Waals surface area contributed by atoms with Gasteiger partial charge in [0.15, 0.2) is 0 Å². The maximum Gasteiger partial charge on any atom is 0.250 e. The zero-order valence-corrected chi connectivity index (χ0v) is 9.26. The minimum absolute atomic E-state index is 0.00743. The first kappa shape index (κ1) is 11.2. The Morgan fingerprint density at radius 1 is 1.57 bits per heavy atom. The molecule has 0 spiro atoms. The summed E-state index contributed by atoms with van der Waals surface area (Å²) in [6, 6.07) is -0.218. The summed E-state index contributed by atoms with van der Waals surface area (Å²) in [6.07, 6.45) is 1.76. The highest BCUT2D eigenvalue weighted by Crippen LogP contribution is 2.16. The predicted octanol–water partition coefficient (Wildman–Crippen LogP) is 1.11. The van der Waals surface area contributed by atoms with E-state index in [4.69, 9.17) is 4.74 Å². The topological polar surface area (TPSA) is 50.7 Å². The Balaban J connectivity index is 2.74. The molecule has 0 aromatic heterocycles. The number of hydrogen-bond acceptors (Lipinski definition) is 3. The van der Waals surface area contributed by atoms with Crippen LogP contribution in [0, 0.1) is 0 Å². The van der Waals surface area contributed by atoms with E-state index >= 15 is 0 Å². The van der Waals surface area contributed by atoms with Gasteiger partial charge in [0.25, 0.3) is 0 Å². The minimum atomic E-state index is -0.502. The van der Waals surface area contributed by atoms with Gasteiger partial charge in [0.05, 0.1) is 0 Å². The Kier molecular flexibility index (Phi) is 3.26. The lowest BCUT2D eigenvalue weighted by Gasteiger charge is -2.22. The van der Waals surface area contributed by atoms with E-state index in [2.05, 4.69) is 10.3 Å². The van der Waals surface area contributed by atoms with Crippen LogP contribution in [-0.4, -0.2) is 30.5 Å². The molecule has 1 unspecified atom stereocenters. The van der Waals surface area contributed by atoms with E-state index in [1.165, 1.54) is 0 Å². The Hall–Kier alpha value is -0.900. The minimum Gasteiger partial charge on any atom is -0.371 e. The summed E-state index contributed by atoms with van der Waals surface area (Å²) >= 11 is 0. The lowest BCUT2D eigenvalue weighted by molar-refractivity contribution is -0.120. The van der Waals surface area contributed by atoms with Gasteiger partial charge in [-0.15, -0.1) is 0 Å². The van der Waals surface area contributed by atoms with E-state index in [0.717, 1.165) is 12.8 Å². The fourth-order valence-electron chi connectivity index (χ4n) is 1.32. The fourth-order valence-corrected chi connectivity index (χ4v) is 1.32. The fraction of sp³-hybridized carbons (Fsp3) is 0.800. The normalized spacial score (nSPS) is 22.1. The number of carbonyl (C=O) groups excluding carboxylic acids is 1. The van der Waals surface area contributed by atoms with E-state index in [-0.39, 0.29) is 11.9 Å². The van der Waals surface area contributed by atoms with Gasteiger partial charge in [0.1, 0.15) is 17.5 Å². The standard InChI is InChI=1S/C10H18N2O2/c1-5-6-7-8(13)12-9(11-7)10(2,3)14-4/h7H,5-6H2,1-4H3,(H,11,12,13). The second kappa shape index (κ2) is 4.09. The van der Waals surface area contributed by atoms with Crippen LogP contribution in [0.4, 0.5) is 0 Å². The average molecular weight is 198 g/mol. The Bertz CT molecular complexity index is 259. The third-order valence-corrected chi connectivity index (χ3v) is 2.47. The lowest BCUT2D eigenvalue weighted by Crippen LogP contribution is -2.43. The predicted molar refractivity (Wildman–Crippen MR) is 55.4 cm³/mol. The van der Waals surface area contributed by atoms with Crippen molar-refractivity contribution in [3.8, 4) is 0 Å². The number of amides is 1. The van der Waals surface area contributed by atoms with Gasteiger partial charge in [-0.05, 0) is 20.3 Å². The van der Waals surface area contributed by atoms with Crippen LogP contribution in [-0.2, 0) is 9.53 Å². The number of nitrogens with one attached hydrogen (secondary N) is 1. The Labute approximate surface area is 84.7 Å². The van der Waals surface area contributed by atoms with Crippen LogP contribution in [0.25, 0.3) is 0 Å². The van der Waals surface area contributed by atoms with E-state index in [1.54, 1.807) is 7.11 Å². The molecule has 4 heteroatoms. The third kappa shape index (κ3) is 2.12. The molecule has 1 amide bonds. The first-order chi connectivity index (χ1) is 6.51. The van der Waals surface area contributed by atoms with E-state index in [9.17, 15) is 4.79 Å². The maximum atomic E-state index is 11.5. The van der Waals surface area contributed by atoms with Gasteiger partial charge >= 0.3 is 0 Å². The second-order valence-corrected chi connectivity index (χ2v) is 3.99. The molecule has 1 aliphatic heterocycles. The molecule has 1 atom stereocenters. The molecular formula is C10H18N2O2. The molecule has 0 aliphatic carbocycles. The smallest absolute Gasteiger partial charge is 0.250 e. The van der Waals surface area contributed by atoms with Gasteiger partial charge in [-0.3, -0.25) is 9.79 Å². The molecule has 4 nitrogen and oxygen atoms in total. The van der Waals surface area contributed by atoms with Crippen LogP contribution >= 0.6 is 0 Å². The monoisotopic (exact) mass is 198 g/mol. The quantitative estimate of drug-likeness (QED) is 0.735. The molecule has 0 fully saturated rings. The number of rotatable bonds is 4. The summed E-state index contributed by atoms with van der Waals surface area (Å²) in [5.74, 6) is 0.635. The van der Waals surface area contributed by atoms with Crippen molar-refractivity contribution in [2.24, 2.45) is 4.99 Å². The van der Waals surface area contributed by atoms with Crippen molar-refractivity contribution in [1.82, 2.24) is 5.32 Å². The van der Waals surface area contributed by atoms with Crippen LogP contribution in [0.2, 0.25) is 0 Å². The summed E-state index contributed by atoms with van der Waals surface area (Å²) in [5, 5.41) is 2.77. The zero-order chi connectivity index (χ0) is 10.8. The van der Waals surface area contributed by atoms with Crippen molar-refractivity contribution in [3.63, 3.8) is 0 Å². The first-order valence-electron chi connectivity index (χ1n) is 4.95. The summed E-state index contributed by atoms with van der Waals surface area (Å²) in [5.41, 5.74) is -0.502. The molecule has 0 radical (unpaired) electrons. The molecule has 0 bridgehead atoms. The number of nitrogens with zero attached hydrogens (tertiary/aromatic N) is 1. The average Bonchev–Trinajstić information content (AvgIpc) is 2.49. The van der Waals surface area contributed by atoms with Crippen molar-refractivity contribution in [2.45, 2.75) is 45.3 Å². The van der Waals surface area contributed by atoms with Crippen LogP contribution < -0.4 is 5.32 Å². The van der Waals surface area contributed by atoms with Gasteiger partial charge in [-0.25, -0.2) is 0 Å². The van der Waals surface area contributed by atoms with Crippen molar-refractivity contribution in [1.29, 1.82) is 0 Å². The van der Waals surface area contributed by atoms with E-state index in [0.29, 0.717) is 5.84 Å². The number of carbonyl (C=O) groups is 1. The van der Waals surface area contributed by atoms with Gasteiger partial charge in [0, 0.05) is 7.11 Å². The molecule has 0 aromatic rings. The third-order valence-electron chi connectivity index (χ3n) is 2.47. The molecule has 80 valence electrons. The van der Waals surface area contributed by atoms with E-state index in [1.807, 2.05) is 20.8 Å². The van der Waals surface area contributed by atoms with Crippen LogP contribution in [0.15, 0.2) is 4.99 Å². The molecule has 0 aromatic carbocycles. The largest absolute Gasteiger partial charge is 0.371 e. The summed E-state index contributed by atoms with van der Waals surface area (Å²) in [4.78, 5) is 15.8. The molecule has 0 saturated carbocycles. The van der Waals surface area contributed by atoms with Crippen LogP contribution in [0.3, 0.4) is 0 Å². The Morgan fingerprint density at radius 2 is 2.21 bits per heavy atom. The van der Waals surface area contributed by atoms with Gasteiger partial charge in [-0.1, -0.05) is 13.3 Å². The number of amidine groups is 1. The molecule has 14 heavy (non-hydrogen) atoms. The molecule has 1 rings (SSSR count). The number of methoxy groups -OCH3 is 1. The highest BCUT2D eigenvalue weighted by Gasteiger charge is 2.34. The molecule has 1 aliphatic rings. The summed E-state index contributed by atoms with van der Waals surface area (Å²) in [7, 11) is 1.61. The van der Waals surface area contributed by atoms with Crippen molar-refractivity contribution in [2.75, 3.05) is 7.11 Å². The first-order valence-corrected chi connectivity index (χ1v) is 4.95. The van der Waals surface area contributed by atoms with Gasteiger partial charge in [0.2, 0.25) is 5.91 Å². The maximum absolute atomic E-state index is 11.5. The second-order valence-electron chi connectivity index (χ2n) is 3.99. The van der Waals surface area contributed by atoms with Gasteiger partial charge < -0.3 is 10.1 Å². The molecular weight excluding hydrogens is 180 g/mol. The van der Waals surface area contributed by atoms with Gasteiger partial charge in [-0.2, -0.15) is 0 Å². The van der Waals surface area contributed by atoms with Crippen LogP contribution in [0.1, 0.15) is 33.6 Å². The lowest BCUT2D eigenvalue weighted by atomic mass is 10.1. The van der Waals surface area contributed by atoms with Crippen molar-refractivity contribution < 1.29 is 9.53 Å².